The third kappa shape index (κ3) is 4.10. The van der Waals surface area contributed by atoms with E-state index in [9.17, 15) is 28.3 Å². The molecule has 2 aliphatic carbocycles. The summed E-state index contributed by atoms with van der Waals surface area (Å²) in [6.07, 6.45) is 0.136. The molecule has 0 aromatic heterocycles. The molecule has 9 heteroatoms. The van der Waals surface area contributed by atoms with Crippen molar-refractivity contribution in [3.8, 4) is 0 Å². The molecular formula is C20H23F2N3O4. The molecule has 7 nitrogen and oxygen atoms in total. The van der Waals surface area contributed by atoms with Crippen molar-refractivity contribution < 1.29 is 28.3 Å². The maximum Gasteiger partial charge on any atom is 0.254 e. The number of nitrogens with one attached hydrogen (secondary N) is 1. The van der Waals surface area contributed by atoms with Gasteiger partial charge in [-0.25, -0.2) is 8.78 Å². The summed E-state index contributed by atoms with van der Waals surface area (Å²) < 4.78 is 25.8. The van der Waals surface area contributed by atoms with Crippen LogP contribution in [-0.4, -0.2) is 70.3 Å². The molecular weight excluding hydrogens is 384 g/mol. The predicted octanol–water partition coefficient (Wildman–Crippen LogP) is 1.48. The van der Waals surface area contributed by atoms with Crippen LogP contribution in [0.4, 0.5) is 14.5 Å². The molecule has 0 atom stereocenters. The van der Waals surface area contributed by atoms with Crippen LogP contribution in [0.25, 0.3) is 0 Å². The molecule has 2 saturated carbocycles. The van der Waals surface area contributed by atoms with Crippen LogP contribution in [0, 0.1) is 5.92 Å². The van der Waals surface area contributed by atoms with E-state index in [1.165, 1.54) is 0 Å². The molecule has 156 valence electrons. The predicted molar refractivity (Wildman–Crippen MR) is 99.4 cm³/mol. The van der Waals surface area contributed by atoms with Crippen molar-refractivity contribution in [1.29, 1.82) is 0 Å². The zero-order valence-corrected chi connectivity index (χ0v) is 15.9. The summed E-state index contributed by atoms with van der Waals surface area (Å²) in [4.78, 5) is 40.0. The Morgan fingerprint density at radius 2 is 1.52 bits per heavy atom. The van der Waals surface area contributed by atoms with Gasteiger partial charge in [-0.3, -0.25) is 14.4 Å². The molecule has 1 saturated heterocycles. The smallest absolute Gasteiger partial charge is 0.254 e. The molecule has 1 aromatic rings. The number of rotatable bonds is 4. The maximum absolute atomic E-state index is 12.9. The van der Waals surface area contributed by atoms with Gasteiger partial charge in [-0.1, -0.05) is 0 Å². The molecule has 0 spiro atoms. The van der Waals surface area contributed by atoms with Crippen molar-refractivity contribution in [3.05, 3.63) is 29.8 Å². The van der Waals surface area contributed by atoms with E-state index in [-0.39, 0.29) is 11.8 Å². The summed E-state index contributed by atoms with van der Waals surface area (Å²) in [6, 6.07) is 6.31. The molecule has 0 radical (unpaired) electrons. The fraction of sp³-hybridized carbons (Fsp3) is 0.550. The van der Waals surface area contributed by atoms with Crippen LogP contribution >= 0.6 is 0 Å². The number of carbonyl (C=O) groups excluding carboxylic acids is 3. The van der Waals surface area contributed by atoms with Gasteiger partial charge in [0.15, 0.2) is 0 Å². The van der Waals surface area contributed by atoms with Crippen LogP contribution in [0.3, 0.4) is 0 Å². The fourth-order valence-electron chi connectivity index (χ4n) is 3.71. The number of halogens is 2. The van der Waals surface area contributed by atoms with E-state index in [2.05, 4.69) is 5.32 Å². The Balaban J connectivity index is 1.28. The number of piperazine rings is 1. The van der Waals surface area contributed by atoms with Gasteiger partial charge in [-0.2, -0.15) is 0 Å². The van der Waals surface area contributed by atoms with Crippen LogP contribution in [0.15, 0.2) is 24.3 Å². The lowest BCUT2D eigenvalue weighted by Crippen LogP contribution is -2.53. The monoisotopic (exact) mass is 407 g/mol. The maximum atomic E-state index is 12.9. The van der Waals surface area contributed by atoms with E-state index >= 15 is 0 Å². The molecule has 1 aromatic carbocycles. The molecule has 3 aliphatic rings. The second-order valence-corrected chi connectivity index (χ2v) is 8.14. The number of amides is 3. The summed E-state index contributed by atoms with van der Waals surface area (Å²) in [7, 11) is 0. The molecule has 29 heavy (non-hydrogen) atoms. The second kappa shape index (κ2) is 7.05. The fourth-order valence-corrected chi connectivity index (χ4v) is 3.71. The van der Waals surface area contributed by atoms with E-state index in [4.69, 9.17) is 0 Å². The quantitative estimate of drug-likeness (QED) is 0.791. The van der Waals surface area contributed by atoms with E-state index in [1.807, 2.05) is 0 Å². The van der Waals surface area contributed by atoms with Crippen molar-refractivity contribution >= 4 is 23.4 Å². The van der Waals surface area contributed by atoms with Crippen molar-refractivity contribution in [2.24, 2.45) is 5.92 Å². The van der Waals surface area contributed by atoms with Crippen molar-refractivity contribution in [1.82, 2.24) is 9.80 Å². The second-order valence-electron chi connectivity index (χ2n) is 8.14. The molecule has 0 unspecified atom stereocenters. The molecule has 1 aliphatic heterocycles. The van der Waals surface area contributed by atoms with Gasteiger partial charge in [0.2, 0.25) is 11.8 Å². The van der Waals surface area contributed by atoms with Gasteiger partial charge in [0.1, 0.15) is 5.60 Å². The third-order valence-corrected chi connectivity index (χ3v) is 5.84. The Labute approximate surface area is 166 Å². The van der Waals surface area contributed by atoms with Gasteiger partial charge < -0.3 is 20.2 Å². The molecule has 4 rings (SSSR count). The zero-order chi connectivity index (χ0) is 20.8. The van der Waals surface area contributed by atoms with Crippen LogP contribution in [0.1, 0.15) is 36.0 Å². The highest BCUT2D eigenvalue weighted by atomic mass is 19.3. The normalized spacial score (nSPS) is 22.6. The van der Waals surface area contributed by atoms with E-state index in [0.29, 0.717) is 50.3 Å². The van der Waals surface area contributed by atoms with E-state index < -0.39 is 36.2 Å². The lowest BCUT2D eigenvalue weighted by atomic mass is 9.81. The Kier molecular flexibility index (Phi) is 4.80. The average Bonchev–Trinajstić information content (AvgIpc) is 3.44. The zero-order valence-electron chi connectivity index (χ0n) is 15.9. The highest BCUT2D eigenvalue weighted by Gasteiger charge is 2.50. The van der Waals surface area contributed by atoms with Gasteiger partial charge in [0.25, 0.3) is 11.8 Å². The largest absolute Gasteiger partial charge is 0.380 e. The number of anilines is 1. The molecule has 1 heterocycles. The Morgan fingerprint density at radius 1 is 0.966 bits per heavy atom. The first-order chi connectivity index (χ1) is 13.7. The minimum absolute atomic E-state index is 0.182. The summed E-state index contributed by atoms with van der Waals surface area (Å²) >= 11 is 0. The SMILES string of the molecule is O=C(Nc1ccc(C(=O)N2CCN(C(=O)C3(O)CC3)CC2)cc1)C1CC(F)(F)C1. The van der Waals surface area contributed by atoms with E-state index in [0.717, 1.165) is 0 Å². The number of alkyl halides is 2. The third-order valence-electron chi connectivity index (χ3n) is 5.84. The molecule has 3 fully saturated rings. The van der Waals surface area contributed by atoms with Crippen LogP contribution in [-0.2, 0) is 9.59 Å². The van der Waals surface area contributed by atoms with Crippen LogP contribution < -0.4 is 5.32 Å². The minimum atomic E-state index is -2.75. The first-order valence-electron chi connectivity index (χ1n) is 9.77. The van der Waals surface area contributed by atoms with Crippen molar-refractivity contribution in [2.75, 3.05) is 31.5 Å². The molecule has 2 N–H and O–H groups in total. The molecule has 3 amide bonds. The Hall–Kier alpha value is -2.55. The number of carbonyl (C=O) groups is 3. The van der Waals surface area contributed by atoms with E-state index in [1.54, 1.807) is 34.1 Å². The summed E-state index contributed by atoms with van der Waals surface area (Å²) in [5, 5.41) is 12.5. The van der Waals surface area contributed by atoms with Gasteiger partial charge in [-0.15, -0.1) is 0 Å². The van der Waals surface area contributed by atoms with Crippen LogP contribution in [0.5, 0.6) is 0 Å². The number of hydrogen-bond acceptors (Lipinski definition) is 4. The number of benzene rings is 1. The number of aliphatic hydroxyl groups is 1. The minimum Gasteiger partial charge on any atom is -0.380 e. The van der Waals surface area contributed by atoms with Gasteiger partial charge in [-0.05, 0) is 37.1 Å². The number of hydrogen-bond donors (Lipinski definition) is 2. The summed E-state index contributed by atoms with van der Waals surface area (Å²) in [5.41, 5.74) is -0.296. The van der Waals surface area contributed by atoms with Gasteiger partial charge in [0.05, 0.1) is 0 Å². The lowest BCUT2D eigenvalue weighted by molar-refractivity contribution is -0.145. The summed E-state index contributed by atoms with van der Waals surface area (Å²) in [6.45, 7) is 1.53. The first-order valence-corrected chi connectivity index (χ1v) is 9.77. The summed E-state index contributed by atoms with van der Waals surface area (Å²) in [5.74, 6) is -4.30. The standard InChI is InChI=1S/C20H23F2N3O4/c21-20(22)11-14(12-20)16(26)23-15-3-1-13(2-4-15)17(27)24-7-9-25(10-8-24)18(28)19(29)5-6-19/h1-4,14,29H,5-12H2,(H,23,26). The Morgan fingerprint density at radius 3 is 2.03 bits per heavy atom. The van der Waals surface area contributed by atoms with Crippen LogP contribution in [0.2, 0.25) is 0 Å². The van der Waals surface area contributed by atoms with Crippen molar-refractivity contribution in [2.45, 2.75) is 37.2 Å². The molecule has 0 bridgehead atoms. The average molecular weight is 407 g/mol. The highest BCUT2D eigenvalue weighted by Crippen LogP contribution is 2.42. The van der Waals surface area contributed by atoms with Crippen molar-refractivity contribution in [3.63, 3.8) is 0 Å². The van der Waals surface area contributed by atoms with Gasteiger partial charge >= 0.3 is 0 Å². The van der Waals surface area contributed by atoms with Gasteiger partial charge in [0, 0.05) is 56.2 Å². The highest BCUT2D eigenvalue weighted by molar-refractivity contribution is 5.96. The number of nitrogens with zero attached hydrogens (tertiary/aromatic N) is 2. The topological polar surface area (TPSA) is 90.0 Å². The lowest BCUT2D eigenvalue weighted by Gasteiger charge is -2.35. The Bertz CT molecular complexity index is 823. The first kappa shape index (κ1) is 19.8.